The van der Waals surface area contributed by atoms with E-state index in [0.29, 0.717) is 19.1 Å². The molecule has 0 radical (unpaired) electrons. The third-order valence-corrected chi connectivity index (χ3v) is 6.48. The van der Waals surface area contributed by atoms with E-state index in [2.05, 4.69) is 17.2 Å². The predicted octanol–water partition coefficient (Wildman–Crippen LogP) is 3.59. The van der Waals surface area contributed by atoms with Gasteiger partial charge in [-0.25, -0.2) is 0 Å². The van der Waals surface area contributed by atoms with Crippen LogP contribution in [-0.2, 0) is 27.4 Å². The number of rotatable bonds is 7. The molecular formula is C24H33N3O3. The first-order chi connectivity index (χ1) is 14.6. The first-order valence-electron chi connectivity index (χ1n) is 11.2. The second kappa shape index (κ2) is 9.75. The molecule has 2 aromatic rings. The summed E-state index contributed by atoms with van der Waals surface area (Å²) in [5.74, 6) is 0.790. The van der Waals surface area contributed by atoms with Gasteiger partial charge in [0, 0.05) is 32.5 Å². The van der Waals surface area contributed by atoms with Crippen LogP contribution in [0.5, 0.6) is 0 Å². The quantitative estimate of drug-likeness (QED) is 0.654. The van der Waals surface area contributed by atoms with Crippen molar-refractivity contribution in [3.63, 3.8) is 0 Å². The lowest BCUT2D eigenvalue weighted by atomic mass is 9.78. The van der Waals surface area contributed by atoms with E-state index in [4.69, 9.17) is 9.47 Å². The van der Waals surface area contributed by atoms with Crippen LogP contribution in [0.1, 0.15) is 43.4 Å². The lowest BCUT2D eigenvalue weighted by Gasteiger charge is -2.46. The maximum absolute atomic E-state index is 12.6. The molecule has 1 unspecified atom stereocenters. The van der Waals surface area contributed by atoms with Crippen molar-refractivity contribution in [2.45, 2.75) is 57.8 Å². The van der Waals surface area contributed by atoms with Crippen LogP contribution in [0, 0.1) is 12.8 Å². The minimum absolute atomic E-state index is 0.0542. The van der Waals surface area contributed by atoms with Crippen molar-refractivity contribution in [1.29, 1.82) is 0 Å². The fourth-order valence-corrected chi connectivity index (χ4v) is 4.69. The van der Waals surface area contributed by atoms with Crippen LogP contribution >= 0.6 is 0 Å². The highest BCUT2D eigenvalue weighted by Gasteiger charge is 2.40. The fraction of sp³-hybridized carbons (Fsp3) is 0.583. The van der Waals surface area contributed by atoms with Gasteiger partial charge in [0.15, 0.2) is 0 Å². The molecule has 1 spiro atoms. The average Bonchev–Trinajstić information content (AvgIpc) is 3.17. The third-order valence-electron chi connectivity index (χ3n) is 6.48. The Morgan fingerprint density at radius 1 is 1.23 bits per heavy atom. The van der Waals surface area contributed by atoms with Gasteiger partial charge in [0.05, 0.1) is 17.9 Å². The zero-order valence-corrected chi connectivity index (χ0v) is 18.0. The van der Waals surface area contributed by atoms with Crippen LogP contribution in [0.2, 0.25) is 0 Å². The number of carbonyl (C=O) groups excluding carboxylic acids is 1. The van der Waals surface area contributed by atoms with Crippen molar-refractivity contribution in [1.82, 2.24) is 14.7 Å². The molecule has 2 saturated heterocycles. The van der Waals surface area contributed by atoms with Crippen molar-refractivity contribution < 1.29 is 14.3 Å². The minimum Gasteiger partial charge on any atom is -0.377 e. The van der Waals surface area contributed by atoms with E-state index in [1.54, 1.807) is 4.68 Å². The summed E-state index contributed by atoms with van der Waals surface area (Å²) in [5, 5.41) is 4.33. The zero-order chi connectivity index (χ0) is 20.8. The van der Waals surface area contributed by atoms with E-state index in [9.17, 15) is 4.79 Å². The second-order valence-electron chi connectivity index (χ2n) is 8.75. The molecular weight excluding hydrogens is 378 g/mol. The van der Waals surface area contributed by atoms with Crippen LogP contribution in [0.4, 0.5) is 0 Å². The van der Waals surface area contributed by atoms with Crippen LogP contribution in [0.25, 0.3) is 0 Å². The highest BCUT2D eigenvalue weighted by molar-refractivity contribution is 5.76. The Morgan fingerprint density at radius 2 is 2.03 bits per heavy atom. The summed E-state index contributed by atoms with van der Waals surface area (Å²) in [6.45, 7) is 6.11. The summed E-state index contributed by atoms with van der Waals surface area (Å²) in [7, 11) is 0. The lowest BCUT2D eigenvalue weighted by Crippen LogP contribution is -2.51. The Morgan fingerprint density at radius 3 is 2.77 bits per heavy atom. The first-order valence-corrected chi connectivity index (χ1v) is 11.2. The summed E-state index contributed by atoms with van der Waals surface area (Å²) >= 11 is 0. The van der Waals surface area contributed by atoms with Gasteiger partial charge in [-0.15, -0.1) is 0 Å². The number of nitrogens with zero attached hydrogens (tertiary/aromatic N) is 3. The van der Waals surface area contributed by atoms with Crippen LogP contribution < -0.4 is 0 Å². The first kappa shape index (κ1) is 21.1. The van der Waals surface area contributed by atoms with E-state index >= 15 is 0 Å². The number of piperidine rings is 1. The number of carbonyl (C=O) groups is 1. The van der Waals surface area contributed by atoms with Crippen molar-refractivity contribution in [2.24, 2.45) is 5.92 Å². The van der Waals surface area contributed by atoms with Gasteiger partial charge in [-0.3, -0.25) is 9.48 Å². The summed E-state index contributed by atoms with van der Waals surface area (Å²) < 4.78 is 13.9. The highest BCUT2D eigenvalue weighted by atomic mass is 16.5. The van der Waals surface area contributed by atoms with Crippen molar-refractivity contribution in [2.75, 3.05) is 26.3 Å². The van der Waals surface area contributed by atoms with Crippen molar-refractivity contribution >= 4 is 5.91 Å². The highest BCUT2D eigenvalue weighted by Crippen LogP contribution is 2.38. The molecule has 6 heteroatoms. The van der Waals surface area contributed by atoms with E-state index in [1.165, 1.54) is 5.56 Å². The van der Waals surface area contributed by atoms with Crippen LogP contribution in [0.15, 0.2) is 42.6 Å². The molecule has 1 amide bonds. The molecule has 0 bridgehead atoms. The number of hydrogen-bond donors (Lipinski definition) is 0. The van der Waals surface area contributed by atoms with Crippen molar-refractivity contribution in [3.8, 4) is 0 Å². The number of amides is 1. The van der Waals surface area contributed by atoms with Gasteiger partial charge in [-0.05, 0) is 56.6 Å². The van der Waals surface area contributed by atoms with Gasteiger partial charge in [-0.2, -0.15) is 5.10 Å². The van der Waals surface area contributed by atoms with Gasteiger partial charge in [0.1, 0.15) is 6.54 Å². The molecule has 0 N–H and O–H groups in total. The van der Waals surface area contributed by atoms with E-state index in [-0.39, 0.29) is 11.5 Å². The molecule has 6 nitrogen and oxygen atoms in total. The standard InChI is InChI=1S/C24H33N3O3/c1-20-7-12-27(25-20)18-23(28)26-13-10-24(11-14-26)17-21(9-16-30-24)8-15-29-19-22-5-3-2-4-6-22/h2-7,12,21H,8-11,13-19H2,1H3. The van der Waals surface area contributed by atoms with Gasteiger partial charge in [0.2, 0.25) is 5.91 Å². The second-order valence-corrected chi connectivity index (χ2v) is 8.75. The number of aromatic nitrogens is 2. The molecule has 30 heavy (non-hydrogen) atoms. The van der Waals surface area contributed by atoms with Gasteiger partial charge < -0.3 is 14.4 Å². The minimum atomic E-state index is -0.0542. The molecule has 0 aliphatic carbocycles. The summed E-state index contributed by atoms with van der Waals surface area (Å²) in [4.78, 5) is 14.6. The maximum Gasteiger partial charge on any atom is 0.244 e. The normalized spacial score (nSPS) is 21.1. The molecule has 1 atom stereocenters. The summed E-state index contributed by atoms with van der Waals surface area (Å²) in [5.41, 5.74) is 2.11. The lowest BCUT2D eigenvalue weighted by molar-refractivity contribution is -0.148. The Kier molecular flexibility index (Phi) is 6.85. The largest absolute Gasteiger partial charge is 0.377 e. The number of benzene rings is 1. The van der Waals surface area contributed by atoms with E-state index in [0.717, 1.165) is 64.1 Å². The van der Waals surface area contributed by atoms with Crippen LogP contribution in [0.3, 0.4) is 0 Å². The maximum atomic E-state index is 12.6. The number of hydrogen-bond acceptors (Lipinski definition) is 4. The molecule has 2 aliphatic heterocycles. The SMILES string of the molecule is Cc1ccn(CC(=O)N2CCC3(CC2)CC(CCOCc2ccccc2)CCO3)n1. The molecule has 162 valence electrons. The summed E-state index contributed by atoms with van der Waals surface area (Å²) in [6, 6.07) is 12.3. The van der Waals surface area contributed by atoms with E-state index < -0.39 is 0 Å². The van der Waals surface area contributed by atoms with Gasteiger partial charge in [0.25, 0.3) is 0 Å². The Bertz CT molecular complexity index is 812. The number of ether oxygens (including phenoxy) is 2. The monoisotopic (exact) mass is 411 g/mol. The van der Waals surface area contributed by atoms with Crippen molar-refractivity contribution in [3.05, 3.63) is 53.9 Å². The van der Waals surface area contributed by atoms with Gasteiger partial charge >= 0.3 is 0 Å². The predicted molar refractivity (Wildman–Crippen MR) is 115 cm³/mol. The fourth-order valence-electron chi connectivity index (χ4n) is 4.69. The average molecular weight is 412 g/mol. The number of likely N-dealkylation sites (tertiary alicyclic amines) is 1. The molecule has 2 fully saturated rings. The number of aryl methyl sites for hydroxylation is 1. The molecule has 3 heterocycles. The molecule has 1 aromatic heterocycles. The smallest absolute Gasteiger partial charge is 0.244 e. The summed E-state index contributed by atoms with van der Waals surface area (Å²) in [6.07, 6.45) is 7.00. The van der Waals surface area contributed by atoms with E-state index in [1.807, 2.05) is 42.3 Å². The molecule has 1 aromatic carbocycles. The van der Waals surface area contributed by atoms with Crippen LogP contribution in [-0.4, -0.2) is 52.5 Å². The Balaban J connectivity index is 1.20. The topological polar surface area (TPSA) is 56.6 Å². The Hall–Kier alpha value is -2.18. The molecule has 0 saturated carbocycles. The molecule has 2 aliphatic rings. The Labute approximate surface area is 179 Å². The zero-order valence-electron chi connectivity index (χ0n) is 18.0. The van der Waals surface area contributed by atoms with Gasteiger partial charge in [-0.1, -0.05) is 30.3 Å². The third kappa shape index (κ3) is 5.49. The molecule has 4 rings (SSSR count).